The van der Waals surface area contributed by atoms with Gasteiger partial charge in [0.15, 0.2) is 24.3 Å². The van der Waals surface area contributed by atoms with E-state index in [9.17, 15) is 34.5 Å². The molecule has 17 heteroatoms. The zero-order valence-corrected chi connectivity index (χ0v) is 20.8. The number of aliphatic hydroxyl groups excluding tert-OH is 3. The molecule has 0 aromatic rings. The number of carbonyl (C=O) groups is 4. The van der Waals surface area contributed by atoms with Crippen molar-refractivity contribution in [3.8, 4) is 0 Å². The van der Waals surface area contributed by atoms with Gasteiger partial charge >= 0.3 is 6.09 Å². The number of nitrogens with one attached hydrogen (secondary N) is 5. The van der Waals surface area contributed by atoms with Crippen LogP contribution >= 0.6 is 0 Å². The average Bonchev–Trinajstić information content (AvgIpc) is 3.28. The number of aliphatic hydroxyl groups is 3. The van der Waals surface area contributed by atoms with Crippen LogP contribution in [0.3, 0.4) is 0 Å². The Bertz CT molecular complexity index is 921. The number of fused-ring (bicyclic) bond motifs is 1. The summed E-state index contributed by atoms with van der Waals surface area (Å²) in [5.41, 5.74) is 10.7. The number of amides is 4. The van der Waals surface area contributed by atoms with E-state index in [1.165, 1.54) is 6.92 Å². The van der Waals surface area contributed by atoms with Crippen LogP contribution in [0.25, 0.3) is 0 Å². The van der Waals surface area contributed by atoms with Gasteiger partial charge in [0, 0.05) is 25.9 Å². The third kappa shape index (κ3) is 7.19. The first kappa shape index (κ1) is 29.3. The SMILES string of the molecule is CC(=O)N[C@@H](CCCN)CC(=O)N[C@@H]1[C@H](O)[C@@H](OC(N)=O)[C@@H](CO)O[C@H]1NC1=N[C@@H]2C(=O)NC[C@@H](O)[C@H]2N1. The molecule has 0 aliphatic carbocycles. The van der Waals surface area contributed by atoms with E-state index in [1.807, 2.05) is 0 Å². The van der Waals surface area contributed by atoms with Gasteiger partial charge in [0.25, 0.3) is 0 Å². The second-order valence-corrected chi connectivity index (χ2v) is 9.35. The molecule has 214 valence electrons. The lowest BCUT2D eigenvalue weighted by Crippen LogP contribution is -2.70. The summed E-state index contributed by atoms with van der Waals surface area (Å²) in [4.78, 5) is 52.3. The van der Waals surface area contributed by atoms with E-state index in [4.69, 9.17) is 20.9 Å². The molecule has 12 N–H and O–H groups in total. The van der Waals surface area contributed by atoms with E-state index in [0.717, 1.165) is 0 Å². The van der Waals surface area contributed by atoms with Gasteiger partial charge in [0.2, 0.25) is 17.7 Å². The topological polar surface area (TPSA) is 272 Å². The maximum absolute atomic E-state index is 13.0. The molecule has 17 nitrogen and oxygen atoms in total. The van der Waals surface area contributed by atoms with Crippen molar-refractivity contribution in [3.05, 3.63) is 0 Å². The predicted molar refractivity (Wildman–Crippen MR) is 129 cm³/mol. The monoisotopic (exact) mass is 544 g/mol. The lowest BCUT2D eigenvalue weighted by molar-refractivity contribution is -0.198. The molecule has 3 aliphatic rings. The first-order valence-electron chi connectivity index (χ1n) is 12.3. The molecular weight excluding hydrogens is 508 g/mol. The van der Waals surface area contributed by atoms with Crippen LogP contribution in [-0.4, -0.2) is 120 Å². The fourth-order valence-corrected chi connectivity index (χ4v) is 4.68. The molecule has 9 atom stereocenters. The Morgan fingerprint density at radius 3 is 2.66 bits per heavy atom. The normalized spacial score (nSPS) is 33.1. The first-order valence-corrected chi connectivity index (χ1v) is 12.3. The van der Waals surface area contributed by atoms with Gasteiger partial charge < -0.3 is 62.8 Å². The van der Waals surface area contributed by atoms with E-state index in [1.54, 1.807) is 0 Å². The summed E-state index contributed by atoms with van der Waals surface area (Å²) >= 11 is 0. The predicted octanol–water partition coefficient (Wildman–Crippen LogP) is -5.58. The van der Waals surface area contributed by atoms with Crippen molar-refractivity contribution in [2.75, 3.05) is 19.7 Å². The second kappa shape index (κ2) is 13.0. The summed E-state index contributed by atoms with van der Waals surface area (Å²) in [6.07, 6.45) is -6.84. The first-order chi connectivity index (χ1) is 18.0. The number of rotatable bonds is 10. The highest BCUT2D eigenvalue weighted by Gasteiger charge is 2.49. The molecule has 2 saturated heterocycles. The number of carbonyl (C=O) groups excluding carboxylic acids is 4. The van der Waals surface area contributed by atoms with Crippen molar-refractivity contribution in [1.29, 1.82) is 0 Å². The number of guanidine groups is 1. The Morgan fingerprint density at radius 1 is 1.32 bits per heavy atom. The number of hydrogen-bond donors (Lipinski definition) is 10. The molecule has 38 heavy (non-hydrogen) atoms. The Hall–Kier alpha value is -3.25. The molecule has 0 aromatic carbocycles. The fraction of sp³-hybridized carbons (Fsp3) is 0.762. The van der Waals surface area contributed by atoms with Crippen LogP contribution in [0, 0.1) is 0 Å². The van der Waals surface area contributed by atoms with Gasteiger partial charge in [-0.25, -0.2) is 9.79 Å². The summed E-state index contributed by atoms with van der Waals surface area (Å²) < 4.78 is 10.7. The average molecular weight is 545 g/mol. The Morgan fingerprint density at radius 2 is 2.05 bits per heavy atom. The lowest BCUT2D eigenvalue weighted by Gasteiger charge is -2.44. The number of nitrogens with zero attached hydrogens (tertiary/aromatic N) is 1. The van der Waals surface area contributed by atoms with E-state index in [2.05, 4.69) is 31.6 Å². The molecule has 3 rings (SSSR count). The quantitative estimate of drug-likeness (QED) is 0.123. The zero-order chi connectivity index (χ0) is 28.0. The highest BCUT2D eigenvalue weighted by Crippen LogP contribution is 2.24. The van der Waals surface area contributed by atoms with Gasteiger partial charge in [-0.05, 0) is 19.4 Å². The largest absolute Gasteiger partial charge is 0.441 e. The Balaban J connectivity index is 1.79. The van der Waals surface area contributed by atoms with Crippen LogP contribution in [-0.2, 0) is 23.9 Å². The van der Waals surface area contributed by atoms with Crippen LogP contribution < -0.4 is 38.1 Å². The van der Waals surface area contributed by atoms with Crippen molar-refractivity contribution >= 4 is 29.8 Å². The molecule has 0 aromatic heterocycles. The molecule has 3 heterocycles. The van der Waals surface area contributed by atoms with E-state index in [-0.39, 0.29) is 24.8 Å². The molecule has 0 spiro atoms. The van der Waals surface area contributed by atoms with Crippen molar-refractivity contribution in [1.82, 2.24) is 26.6 Å². The molecule has 0 radical (unpaired) electrons. The lowest BCUT2D eigenvalue weighted by atomic mass is 9.95. The van der Waals surface area contributed by atoms with Crippen LogP contribution in [0.2, 0.25) is 0 Å². The highest BCUT2D eigenvalue weighted by atomic mass is 16.6. The number of ether oxygens (including phenoxy) is 2. The maximum Gasteiger partial charge on any atom is 0.404 e. The summed E-state index contributed by atoms with van der Waals surface area (Å²) in [6, 6.07) is -3.44. The number of primary amides is 1. The molecule has 0 saturated carbocycles. The van der Waals surface area contributed by atoms with Crippen LogP contribution in [0.4, 0.5) is 4.79 Å². The molecule has 2 fully saturated rings. The molecule has 0 bridgehead atoms. The Kier molecular flexibility index (Phi) is 10.0. The summed E-state index contributed by atoms with van der Waals surface area (Å²) in [5, 5.41) is 44.6. The van der Waals surface area contributed by atoms with Gasteiger partial charge in [0.1, 0.15) is 18.2 Å². The number of aliphatic imine (C=N–C) groups is 1. The van der Waals surface area contributed by atoms with E-state index in [0.29, 0.717) is 19.4 Å². The number of β-amino-alcohol motifs (C(OH)–C–C–N with tert-alkyl or cyclic N) is 1. The summed E-state index contributed by atoms with van der Waals surface area (Å²) in [6.45, 7) is 1.03. The third-order valence-corrected chi connectivity index (χ3v) is 6.43. The highest BCUT2D eigenvalue weighted by molar-refractivity contribution is 5.92. The smallest absolute Gasteiger partial charge is 0.404 e. The fourth-order valence-electron chi connectivity index (χ4n) is 4.68. The second-order valence-electron chi connectivity index (χ2n) is 9.35. The maximum atomic E-state index is 13.0. The molecule has 4 amide bonds. The van der Waals surface area contributed by atoms with Gasteiger partial charge in [-0.2, -0.15) is 0 Å². The van der Waals surface area contributed by atoms with Gasteiger partial charge in [-0.15, -0.1) is 0 Å². The van der Waals surface area contributed by atoms with Gasteiger partial charge in [-0.3, -0.25) is 14.4 Å². The Labute approximate surface area is 218 Å². The standard InChI is InChI=1S/C21H36N8O9/c1-8(31)25-9(3-2-4-22)5-12(33)26-15-16(34)17(38-20(23)36)11(7-30)37-19(15)29-21-27-13-10(32)6-24-18(35)14(13)28-21/h9-11,13-17,19,30,32,34H,2-7,22H2,1H3,(H2,23,36)(H,24,35)(H,25,31)(H,26,33)(H2,27,28,29)/t9-,10+,11+,13+,14-,15+,16-,17-,19+/m0/s1. The van der Waals surface area contributed by atoms with Gasteiger partial charge in [-0.1, -0.05) is 0 Å². The van der Waals surface area contributed by atoms with Crippen LogP contribution in [0.15, 0.2) is 4.99 Å². The minimum absolute atomic E-state index is 0.0332. The number of piperidine rings is 1. The van der Waals surface area contributed by atoms with E-state index < -0.39 is 79.3 Å². The van der Waals surface area contributed by atoms with Gasteiger partial charge in [0.05, 0.1) is 18.8 Å². The van der Waals surface area contributed by atoms with Crippen molar-refractivity contribution in [2.24, 2.45) is 16.5 Å². The van der Waals surface area contributed by atoms with Crippen molar-refractivity contribution < 1.29 is 44.0 Å². The summed E-state index contributed by atoms with van der Waals surface area (Å²) in [5.74, 6) is -1.27. The zero-order valence-electron chi connectivity index (χ0n) is 20.8. The minimum Gasteiger partial charge on any atom is -0.441 e. The number of nitrogens with two attached hydrogens (primary N) is 2. The van der Waals surface area contributed by atoms with E-state index >= 15 is 0 Å². The summed E-state index contributed by atoms with van der Waals surface area (Å²) in [7, 11) is 0. The van der Waals surface area contributed by atoms with Crippen molar-refractivity contribution in [3.63, 3.8) is 0 Å². The molecular formula is C21H36N8O9. The minimum atomic E-state index is -1.60. The molecule has 3 aliphatic heterocycles. The molecule has 0 unspecified atom stereocenters. The van der Waals surface area contributed by atoms with Crippen molar-refractivity contribution in [2.45, 2.75) is 81.0 Å². The third-order valence-electron chi connectivity index (χ3n) is 6.43. The van der Waals surface area contributed by atoms with Crippen LogP contribution in [0.1, 0.15) is 26.2 Å². The number of hydrogen-bond acceptors (Lipinski definition) is 13. The van der Waals surface area contributed by atoms with Crippen LogP contribution in [0.5, 0.6) is 0 Å².